The van der Waals surface area contributed by atoms with E-state index in [2.05, 4.69) is 10.6 Å². The Morgan fingerprint density at radius 3 is 2.85 bits per heavy atom. The van der Waals surface area contributed by atoms with Crippen molar-refractivity contribution in [2.75, 3.05) is 0 Å². The Kier molecular flexibility index (Phi) is 2.02. The Morgan fingerprint density at radius 1 is 1.46 bits per heavy atom. The summed E-state index contributed by atoms with van der Waals surface area (Å²) in [4.78, 5) is 21.9. The molecule has 1 aromatic rings. The molecule has 68 valence electrons. The predicted octanol–water partition coefficient (Wildman–Crippen LogP) is 0.499. The molecule has 1 aliphatic heterocycles. The molecule has 1 aromatic heterocycles. The van der Waals surface area contributed by atoms with Crippen LogP contribution >= 0.6 is 11.3 Å². The number of amides is 3. The van der Waals surface area contributed by atoms with E-state index in [1.807, 2.05) is 16.8 Å². The lowest BCUT2D eigenvalue weighted by atomic mass is 10.1. The standard InChI is InChI=1S/C8H8N2O2S/c11-7-6(9-8(12)10-7)3-5-1-2-13-4-5/h1-2,4,6H,3H2,(H2,9,10,11,12). The van der Waals surface area contributed by atoms with Crippen LogP contribution in [-0.4, -0.2) is 18.0 Å². The minimum atomic E-state index is -0.401. The van der Waals surface area contributed by atoms with Gasteiger partial charge in [-0.2, -0.15) is 11.3 Å². The Bertz CT molecular complexity index is 334. The van der Waals surface area contributed by atoms with Gasteiger partial charge in [-0.3, -0.25) is 10.1 Å². The lowest BCUT2D eigenvalue weighted by Crippen LogP contribution is -2.30. The lowest BCUT2D eigenvalue weighted by molar-refractivity contribution is -0.120. The van der Waals surface area contributed by atoms with Crippen molar-refractivity contribution in [3.05, 3.63) is 22.4 Å². The van der Waals surface area contributed by atoms with Crippen molar-refractivity contribution < 1.29 is 9.59 Å². The number of thiophene rings is 1. The average molecular weight is 196 g/mol. The summed E-state index contributed by atoms with van der Waals surface area (Å²) in [6.45, 7) is 0. The molecule has 0 aromatic carbocycles. The van der Waals surface area contributed by atoms with Crippen molar-refractivity contribution >= 4 is 23.3 Å². The summed E-state index contributed by atoms with van der Waals surface area (Å²) in [6.07, 6.45) is 0.571. The van der Waals surface area contributed by atoms with Crippen molar-refractivity contribution in [2.45, 2.75) is 12.5 Å². The molecular formula is C8H8N2O2S. The third-order valence-electron chi connectivity index (χ3n) is 1.88. The highest BCUT2D eigenvalue weighted by Crippen LogP contribution is 2.10. The van der Waals surface area contributed by atoms with Crippen LogP contribution in [0.25, 0.3) is 0 Å². The number of nitrogens with one attached hydrogen (secondary N) is 2. The Balaban J connectivity index is 2.03. The van der Waals surface area contributed by atoms with Crippen LogP contribution in [0, 0.1) is 0 Å². The van der Waals surface area contributed by atoms with Gasteiger partial charge in [0, 0.05) is 6.42 Å². The number of carbonyl (C=O) groups is 2. The first-order chi connectivity index (χ1) is 6.25. The van der Waals surface area contributed by atoms with E-state index in [4.69, 9.17) is 0 Å². The lowest BCUT2D eigenvalue weighted by Gasteiger charge is -2.03. The smallest absolute Gasteiger partial charge is 0.322 e. The zero-order valence-corrected chi connectivity index (χ0v) is 7.56. The van der Waals surface area contributed by atoms with Crippen LogP contribution in [0.5, 0.6) is 0 Å². The SMILES string of the molecule is O=C1NC(=O)C(Cc2ccsc2)N1. The molecule has 2 rings (SSSR count). The maximum atomic E-state index is 11.1. The van der Waals surface area contributed by atoms with Crippen LogP contribution < -0.4 is 10.6 Å². The molecule has 0 saturated carbocycles. The molecule has 0 bridgehead atoms. The highest BCUT2D eigenvalue weighted by atomic mass is 32.1. The molecule has 1 atom stereocenters. The molecule has 0 radical (unpaired) electrons. The van der Waals surface area contributed by atoms with Gasteiger partial charge < -0.3 is 5.32 Å². The molecule has 4 nitrogen and oxygen atoms in total. The molecule has 13 heavy (non-hydrogen) atoms. The Morgan fingerprint density at radius 2 is 2.31 bits per heavy atom. The van der Waals surface area contributed by atoms with Gasteiger partial charge in [0.2, 0.25) is 0 Å². The van der Waals surface area contributed by atoms with E-state index >= 15 is 0 Å². The third-order valence-corrected chi connectivity index (χ3v) is 2.61. The number of rotatable bonds is 2. The monoisotopic (exact) mass is 196 g/mol. The van der Waals surface area contributed by atoms with Gasteiger partial charge in [-0.15, -0.1) is 0 Å². The molecule has 0 spiro atoms. The fourth-order valence-electron chi connectivity index (χ4n) is 1.25. The maximum Gasteiger partial charge on any atom is 0.322 e. The average Bonchev–Trinajstić information content (AvgIpc) is 2.63. The van der Waals surface area contributed by atoms with Gasteiger partial charge in [-0.1, -0.05) is 0 Å². The summed E-state index contributed by atoms with van der Waals surface area (Å²) in [6, 6.07) is 1.15. The first-order valence-corrected chi connectivity index (χ1v) is 4.82. The summed E-state index contributed by atoms with van der Waals surface area (Å²) < 4.78 is 0. The molecule has 3 amide bonds. The number of hydrogen-bond donors (Lipinski definition) is 2. The quantitative estimate of drug-likeness (QED) is 0.677. The summed E-state index contributed by atoms with van der Waals surface area (Å²) in [5.41, 5.74) is 1.08. The summed E-state index contributed by atoms with van der Waals surface area (Å²) in [5.74, 6) is -0.240. The number of carbonyl (C=O) groups excluding carboxylic acids is 2. The molecule has 2 heterocycles. The molecule has 2 N–H and O–H groups in total. The van der Waals surface area contributed by atoms with Gasteiger partial charge in [-0.25, -0.2) is 4.79 Å². The van der Waals surface area contributed by atoms with Crippen molar-refractivity contribution in [1.29, 1.82) is 0 Å². The molecule has 1 saturated heterocycles. The first kappa shape index (κ1) is 8.25. The fourth-order valence-corrected chi connectivity index (χ4v) is 1.93. The van der Waals surface area contributed by atoms with Crippen LogP contribution in [0.4, 0.5) is 4.79 Å². The van der Waals surface area contributed by atoms with Crippen LogP contribution in [0.1, 0.15) is 5.56 Å². The second kappa shape index (κ2) is 3.18. The van der Waals surface area contributed by atoms with Crippen molar-refractivity contribution in [3.8, 4) is 0 Å². The minimum absolute atomic E-state index is 0.240. The molecule has 1 aliphatic rings. The summed E-state index contributed by atoms with van der Waals surface area (Å²) in [7, 11) is 0. The number of urea groups is 1. The van der Waals surface area contributed by atoms with E-state index in [9.17, 15) is 9.59 Å². The van der Waals surface area contributed by atoms with Gasteiger partial charge >= 0.3 is 6.03 Å². The molecular weight excluding hydrogens is 188 g/mol. The Labute approximate surface area is 78.9 Å². The van der Waals surface area contributed by atoms with Gasteiger partial charge in [0.15, 0.2) is 0 Å². The summed E-state index contributed by atoms with van der Waals surface area (Å²) >= 11 is 1.58. The van der Waals surface area contributed by atoms with E-state index in [0.717, 1.165) is 5.56 Å². The van der Waals surface area contributed by atoms with Gasteiger partial charge in [0.05, 0.1) is 0 Å². The zero-order chi connectivity index (χ0) is 9.26. The van der Waals surface area contributed by atoms with E-state index in [1.54, 1.807) is 11.3 Å². The van der Waals surface area contributed by atoms with Crippen LogP contribution in [-0.2, 0) is 11.2 Å². The second-order valence-electron chi connectivity index (χ2n) is 2.85. The van der Waals surface area contributed by atoms with Crippen molar-refractivity contribution in [1.82, 2.24) is 10.6 Å². The highest BCUT2D eigenvalue weighted by Gasteiger charge is 2.29. The third kappa shape index (κ3) is 1.70. The second-order valence-corrected chi connectivity index (χ2v) is 3.63. The van der Waals surface area contributed by atoms with Crippen molar-refractivity contribution in [2.24, 2.45) is 0 Å². The fraction of sp³-hybridized carbons (Fsp3) is 0.250. The molecule has 0 aliphatic carbocycles. The number of imide groups is 1. The predicted molar refractivity (Wildman–Crippen MR) is 48.5 cm³/mol. The van der Waals surface area contributed by atoms with E-state index in [1.165, 1.54) is 0 Å². The Hall–Kier alpha value is -1.36. The molecule has 1 fully saturated rings. The number of hydrogen-bond acceptors (Lipinski definition) is 3. The van der Waals surface area contributed by atoms with Crippen LogP contribution in [0.2, 0.25) is 0 Å². The molecule has 5 heteroatoms. The highest BCUT2D eigenvalue weighted by molar-refractivity contribution is 7.07. The largest absolute Gasteiger partial charge is 0.326 e. The van der Waals surface area contributed by atoms with E-state index < -0.39 is 12.1 Å². The molecule has 1 unspecified atom stereocenters. The minimum Gasteiger partial charge on any atom is -0.326 e. The first-order valence-electron chi connectivity index (χ1n) is 3.88. The maximum absolute atomic E-state index is 11.1. The zero-order valence-electron chi connectivity index (χ0n) is 6.74. The van der Waals surface area contributed by atoms with Gasteiger partial charge in [0.1, 0.15) is 6.04 Å². The van der Waals surface area contributed by atoms with Crippen LogP contribution in [0.15, 0.2) is 16.8 Å². The van der Waals surface area contributed by atoms with Crippen LogP contribution in [0.3, 0.4) is 0 Å². The summed E-state index contributed by atoms with van der Waals surface area (Å²) in [5, 5.41) is 8.66. The van der Waals surface area contributed by atoms with Gasteiger partial charge in [0.25, 0.3) is 5.91 Å². The van der Waals surface area contributed by atoms with Crippen molar-refractivity contribution in [3.63, 3.8) is 0 Å². The van der Waals surface area contributed by atoms with E-state index in [-0.39, 0.29) is 5.91 Å². The van der Waals surface area contributed by atoms with E-state index in [0.29, 0.717) is 6.42 Å². The van der Waals surface area contributed by atoms with Gasteiger partial charge in [-0.05, 0) is 22.4 Å². The normalized spacial score (nSPS) is 21.4. The topological polar surface area (TPSA) is 58.2 Å².